The molecule has 0 saturated heterocycles. The summed E-state index contributed by atoms with van der Waals surface area (Å²) >= 11 is 0. The van der Waals surface area contributed by atoms with E-state index in [1.807, 2.05) is 0 Å². The molecule has 64 valence electrons. The van der Waals surface area contributed by atoms with Crippen LogP contribution < -0.4 is 154 Å². The van der Waals surface area contributed by atoms with E-state index in [1.54, 1.807) is 0 Å². The summed E-state index contributed by atoms with van der Waals surface area (Å²) < 4.78 is 0. The first kappa shape index (κ1) is 79.1. The molecule has 0 saturated carbocycles. The van der Waals surface area contributed by atoms with Gasteiger partial charge < -0.3 is 71.0 Å². The zero-order valence-electron chi connectivity index (χ0n) is 9.04. The third-order valence-electron chi connectivity index (χ3n) is 0. The maximum atomic E-state index is 6.25. The second-order valence-corrected chi connectivity index (χ2v) is 0. The van der Waals surface area contributed by atoms with Crippen LogP contribution in [0, 0.1) is 71.0 Å². The summed E-state index contributed by atoms with van der Waals surface area (Å²) in [5.74, 6) is 0. The predicted molar refractivity (Wildman–Crippen MR) is 29.8 cm³/mol. The molecule has 0 amide bonds. The van der Waals surface area contributed by atoms with Crippen LogP contribution in [-0.2, 0) is 17.1 Å². The van der Waals surface area contributed by atoms with Crippen molar-refractivity contribution in [3.8, 4) is 0 Å². The Balaban J connectivity index is -0.00000000321. The molecule has 0 aliphatic rings. The fourth-order valence-corrected chi connectivity index (χ4v) is 0. The molecule has 16 heavy (non-hydrogen) atoms. The molecular weight excluding hydrogens is 329 g/mol. The Labute approximate surface area is 235 Å². The van der Waals surface area contributed by atoms with Crippen molar-refractivity contribution in [1.29, 1.82) is 31.6 Å². The maximum absolute atomic E-state index is 6.25. The molecule has 0 atom stereocenters. The minimum absolute atomic E-state index is 0. The third kappa shape index (κ3) is 689. The molecule has 0 aliphatic carbocycles. The Kier molecular flexibility index (Phi) is 4100. The average molecular weight is 329 g/mol. The smallest absolute Gasteiger partial charge is 0.512 e. The molecule has 6 nitrogen and oxygen atoms in total. The van der Waals surface area contributed by atoms with E-state index >= 15 is 0 Å². The van der Waals surface area contributed by atoms with E-state index < -0.39 is 0 Å². The largest absolute Gasteiger partial charge is 4.00 e. The number of hydrogen-bond acceptors (Lipinski definition) is 6. The van der Waals surface area contributed by atoms with Gasteiger partial charge in [0, 0.05) is 0 Å². The van der Waals surface area contributed by atoms with Crippen LogP contribution >= 0.6 is 0 Å². The van der Waals surface area contributed by atoms with Crippen LogP contribution in [0.1, 0.15) is 0 Å². The number of rotatable bonds is 0. The van der Waals surface area contributed by atoms with Gasteiger partial charge in [-0.3, -0.25) is 0 Å². The molecule has 0 aromatic heterocycles. The van der Waals surface area contributed by atoms with Crippen LogP contribution in [0.2, 0.25) is 0 Å². The van der Waals surface area contributed by atoms with E-state index in [1.165, 1.54) is 0 Å². The van der Waals surface area contributed by atoms with Gasteiger partial charge in [0.1, 0.15) is 0 Å². The molecule has 0 rings (SSSR count). The summed E-state index contributed by atoms with van der Waals surface area (Å²) in [5.41, 5.74) is 0. The SMILES string of the molecule is [C-]#N.[C-]#N.[C-]#N.[C-]#N.[C-]#N.[C-]#N.[Fe+4].[K+].[K+].[K+]. The van der Waals surface area contributed by atoms with Crippen LogP contribution in [-0.4, -0.2) is 0 Å². The molecule has 0 aromatic carbocycles. The van der Waals surface area contributed by atoms with Gasteiger partial charge in [-0.1, -0.05) is 0 Å². The maximum Gasteiger partial charge on any atom is 4.00 e. The summed E-state index contributed by atoms with van der Waals surface area (Å²) in [6.45, 7) is 28.5. The van der Waals surface area contributed by atoms with E-state index in [4.69, 9.17) is 71.0 Å². The molecule has 0 bridgehead atoms. The summed E-state index contributed by atoms with van der Waals surface area (Å²) in [4.78, 5) is 0. The standard InChI is InChI=1S/6CN.Fe.3K/c6*1-2;;;;/q6*-1;+4;3*+1. The monoisotopic (exact) mass is 329 g/mol. The Bertz CT molecular complexity index is 103. The van der Waals surface area contributed by atoms with Gasteiger partial charge in [-0.15, -0.1) is 0 Å². The summed E-state index contributed by atoms with van der Waals surface area (Å²) in [6, 6.07) is 0. The zero-order chi connectivity index (χ0) is 12.0. The molecule has 10 heteroatoms. The van der Waals surface area contributed by atoms with E-state index in [-0.39, 0.29) is 171 Å². The normalized spacial score (nSPS) is 0.750. The first-order chi connectivity index (χ1) is 6.00. The first-order valence-electron chi connectivity index (χ1n) is 1.34. The predicted octanol–water partition coefficient (Wildman–Crippen LogP) is -8.41. The fraction of sp³-hybridized carbons (Fsp3) is 0. The molecule has 0 N–H and O–H groups in total. The van der Waals surface area contributed by atoms with Crippen molar-refractivity contribution in [1.82, 2.24) is 0 Å². The van der Waals surface area contributed by atoms with Gasteiger partial charge in [0.25, 0.3) is 0 Å². The Hall–Kier alpha value is 2.37. The van der Waals surface area contributed by atoms with Crippen molar-refractivity contribution < 1.29 is 171 Å². The van der Waals surface area contributed by atoms with Crippen molar-refractivity contribution in [2.75, 3.05) is 0 Å². The second-order valence-electron chi connectivity index (χ2n) is 0. The van der Waals surface area contributed by atoms with Crippen LogP contribution in [0.5, 0.6) is 0 Å². The molecule has 0 aliphatic heterocycles. The molecule has 0 aromatic rings. The van der Waals surface area contributed by atoms with Crippen LogP contribution in [0.3, 0.4) is 0 Å². The van der Waals surface area contributed by atoms with Gasteiger partial charge in [0.2, 0.25) is 0 Å². The summed E-state index contributed by atoms with van der Waals surface area (Å²) in [6.07, 6.45) is 0. The average Bonchev–Trinajstić information content (AvgIpc) is 2.33. The number of nitrogens with zero attached hydrogens (tertiary/aromatic N) is 6. The minimum atomic E-state index is 0. The molecule has 0 radical (unpaired) electrons. The Morgan fingerprint density at radius 3 is 0.312 bits per heavy atom. The van der Waals surface area contributed by atoms with E-state index in [9.17, 15) is 0 Å². The van der Waals surface area contributed by atoms with Crippen molar-refractivity contribution in [3.05, 3.63) is 39.4 Å². The quantitative estimate of drug-likeness (QED) is 0.319. The second kappa shape index (κ2) is 829. The molecule has 0 spiro atoms. The summed E-state index contributed by atoms with van der Waals surface area (Å²) in [7, 11) is 0. The summed E-state index contributed by atoms with van der Waals surface area (Å²) in [5, 5.41) is 37.5. The molecular formula is C6FeK3N6+. The molecule has 0 unspecified atom stereocenters. The van der Waals surface area contributed by atoms with Crippen molar-refractivity contribution in [3.63, 3.8) is 0 Å². The van der Waals surface area contributed by atoms with Gasteiger partial charge >= 0.3 is 171 Å². The topological polar surface area (TPSA) is 143 Å². The van der Waals surface area contributed by atoms with E-state index in [0.29, 0.717) is 0 Å². The van der Waals surface area contributed by atoms with Crippen molar-refractivity contribution in [2.45, 2.75) is 0 Å². The Morgan fingerprint density at radius 1 is 0.312 bits per heavy atom. The van der Waals surface area contributed by atoms with Gasteiger partial charge in [0.05, 0.1) is 0 Å². The minimum Gasteiger partial charge on any atom is -0.512 e. The molecule has 0 heterocycles. The third-order valence-corrected chi connectivity index (χ3v) is 0. The van der Waals surface area contributed by atoms with Gasteiger partial charge in [-0.25, -0.2) is 0 Å². The first-order valence-corrected chi connectivity index (χ1v) is 1.34. The van der Waals surface area contributed by atoms with Gasteiger partial charge in [-0.05, 0) is 0 Å². The van der Waals surface area contributed by atoms with Crippen LogP contribution in [0.25, 0.3) is 0 Å². The van der Waals surface area contributed by atoms with Gasteiger partial charge in [-0.2, -0.15) is 0 Å². The van der Waals surface area contributed by atoms with Crippen LogP contribution in [0.4, 0.5) is 0 Å². The Morgan fingerprint density at radius 2 is 0.312 bits per heavy atom. The van der Waals surface area contributed by atoms with Crippen molar-refractivity contribution in [2.24, 2.45) is 0 Å². The van der Waals surface area contributed by atoms with Crippen LogP contribution in [0.15, 0.2) is 0 Å². The number of hydrogen-bond donors (Lipinski definition) is 0. The van der Waals surface area contributed by atoms with Crippen molar-refractivity contribution >= 4 is 0 Å². The zero-order valence-corrected chi connectivity index (χ0v) is 19.5. The fourth-order valence-electron chi connectivity index (χ4n) is 0. The molecule has 0 fully saturated rings. The van der Waals surface area contributed by atoms with E-state index in [2.05, 4.69) is 0 Å². The van der Waals surface area contributed by atoms with Gasteiger partial charge in [0.15, 0.2) is 0 Å². The van der Waals surface area contributed by atoms with E-state index in [0.717, 1.165) is 0 Å².